The molecule has 1 aromatic heterocycles. The zero-order chi connectivity index (χ0) is 11.8. The van der Waals surface area contributed by atoms with Crippen LogP contribution in [0.4, 0.5) is 12.9 Å². The Labute approximate surface area is 138 Å². The van der Waals surface area contributed by atoms with Gasteiger partial charge in [-0.2, -0.15) is 0 Å². The second-order valence-electron chi connectivity index (χ2n) is 3.35. The minimum absolute atomic E-state index is 0. The molecule has 0 amide bonds. The fourth-order valence-corrected chi connectivity index (χ4v) is 1.49. The zero-order valence-electron chi connectivity index (χ0n) is 9.03. The van der Waals surface area contributed by atoms with Crippen molar-refractivity contribution in [2.24, 2.45) is 0 Å². The summed E-state index contributed by atoms with van der Waals surface area (Å²) in [6.07, 6.45) is 2.38. The smallest absolute Gasteiger partial charge is 0.443 e. The molecular weight excluding hydrogens is 257 g/mol. The van der Waals surface area contributed by atoms with Crippen molar-refractivity contribution in [3.8, 4) is 0 Å². The Morgan fingerprint density at radius 2 is 1.76 bits per heavy atom. The fourth-order valence-electron chi connectivity index (χ4n) is 1.49. The van der Waals surface area contributed by atoms with E-state index in [4.69, 9.17) is 0 Å². The molecule has 0 atom stereocenters. The minimum atomic E-state index is -5.51. The molecule has 0 bridgehead atoms. The van der Waals surface area contributed by atoms with Gasteiger partial charge in [-0.3, -0.25) is 4.98 Å². The van der Waals surface area contributed by atoms with Crippen LogP contribution in [0.1, 0.15) is 10.4 Å². The quantitative estimate of drug-likeness (QED) is 0.703. The number of nitrogens with zero attached hydrogens (tertiary/aromatic N) is 1. The average molecular weight is 263 g/mol. The Hall–Kier alpha value is -0.209. The first-order chi connectivity index (χ1) is 7.50. The standard InChI is InChI=1S/C10H6BF3NO.K/c12-11(13,14)10(16)9-6-15-5-7-3-1-2-4-8(7)9;/h1-6H;/q-1;+1. The van der Waals surface area contributed by atoms with E-state index in [0.717, 1.165) is 6.20 Å². The van der Waals surface area contributed by atoms with Crippen molar-refractivity contribution in [2.75, 3.05) is 0 Å². The Bertz CT molecular complexity index is 553. The Balaban J connectivity index is 0.00000144. The summed E-state index contributed by atoms with van der Waals surface area (Å²) in [5.74, 6) is 0. The van der Waals surface area contributed by atoms with E-state index in [1.807, 2.05) is 0 Å². The van der Waals surface area contributed by atoms with Crippen molar-refractivity contribution >= 4 is 23.4 Å². The van der Waals surface area contributed by atoms with Crippen LogP contribution in [-0.4, -0.2) is 17.6 Å². The van der Waals surface area contributed by atoms with Crippen molar-refractivity contribution in [1.82, 2.24) is 4.98 Å². The third-order valence-electron chi connectivity index (χ3n) is 2.23. The van der Waals surface area contributed by atoms with Crippen molar-refractivity contribution in [1.29, 1.82) is 0 Å². The second-order valence-corrected chi connectivity index (χ2v) is 3.35. The number of benzene rings is 1. The molecule has 0 fully saturated rings. The number of fused-ring (bicyclic) bond motifs is 1. The molecular formula is C10H6BF3KNO. The maximum absolute atomic E-state index is 12.3. The topological polar surface area (TPSA) is 30.0 Å². The molecule has 1 heterocycles. The van der Waals surface area contributed by atoms with E-state index in [-0.39, 0.29) is 62.3 Å². The van der Waals surface area contributed by atoms with Crippen LogP contribution in [0.5, 0.6) is 0 Å². The van der Waals surface area contributed by atoms with Gasteiger partial charge in [-0.1, -0.05) is 24.3 Å². The molecule has 0 saturated heterocycles. The van der Waals surface area contributed by atoms with Gasteiger partial charge < -0.3 is 17.7 Å². The number of hydrogen-bond donors (Lipinski definition) is 0. The van der Waals surface area contributed by atoms with Gasteiger partial charge in [0.1, 0.15) is 5.68 Å². The van der Waals surface area contributed by atoms with Gasteiger partial charge in [0.2, 0.25) is 0 Å². The van der Waals surface area contributed by atoms with E-state index in [0.29, 0.717) is 5.39 Å². The monoisotopic (exact) mass is 263 g/mol. The van der Waals surface area contributed by atoms with E-state index in [1.165, 1.54) is 12.3 Å². The normalized spacial score (nSPS) is 11.0. The molecule has 0 saturated carbocycles. The first kappa shape index (κ1) is 14.9. The van der Waals surface area contributed by atoms with Gasteiger partial charge in [-0.25, -0.2) is 0 Å². The molecule has 2 rings (SSSR count). The predicted octanol–water partition coefficient (Wildman–Crippen LogP) is -0.192. The van der Waals surface area contributed by atoms with Crippen LogP contribution >= 0.6 is 0 Å². The summed E-state index contributed by atoms with van der Waals surface area (Å²) < 4.78 is 37.0. The summed E-state index contributed by atoms with van der Waals surface area (Å²) >= 11 is 0. The van der Waals surface area contributed by atoms with Gasteiger partial charge in [-0.05, 0) is 5.39 Å². The molecule has 17 heavy (non-hydrogen) atoms. The average Bonchev–Trinajstić information content (AvgIpc) is 2.26. The third kappa shape index (κ3) is 3.17. The summed E-state index contributed by atoms with van der Waals surface area (Å²) in [7, 11) is 0. The van der Waals surface area contributed by atoms with Crippen LogP contribution in [-0.2, 0) is 0 Å². The molecule has 7 heteroatoms. The SMILES string of the molecule is O=C(c1cncc2ccccc12)[B-](F)(F)F.[K+]. The summed E-state index contributed by atoms with van der Waals surface area (Å²) in [5.41, 5.74) is -2.19. The number of hydrogen-bond acceptors (Lipinski definition) is 2. The second kappa shape index (κ2) is 5.62. The molecule has 0 spiro atoms. The van der Waals surface area contributed by atoms with Crippen LogP contribution in [0, 0.1) is 0 Å². The van der Waals surface area contributed by atoms with Gasteiger partial charge in [0, 0.05) is 23.3 Å². The molecule has 0 aliphatic carbocycles. The van der Waals surface area contributed by atoms with Crippen LogP contribution in [0.2, 0.25) is 0 Å². The van der Waals surface area contributed by atoms with E-state index < -0.39 is 12.7 Å². The number of halogens is 3. The minimum Gasteiger partial charge on any atom is -0.443 e. The Morgan fingerprint density at radius 3 is 2.41 bits per heavy atom. The summed E-state index contributed by atoms with van der Waals surface area (Å²) in [5, 5.41) is 0.801. The Morgan fingerprint density at radius 1 is 1.12 bits per heavy atom. The fraction of sp³-hybridized carbons (Fsp3) is 0. The van der Waals surface area contributed by atoms with Crippen molar-refractivity contribution in [2.45, 2.75) is 0 Å². The number of pyridine rings is 1. The number of aromatic nitrogens is 1. The Kier molecular flexibility index (Phi) is 4.91. The third-order valence-corrected chi connectivity index (χ3v) is 2.23. The predicted molar refractivity (Wildman–Crippen MR) is 55.2 cm³/mol. The number of rotatable bonds is 2. The molecule has 82 valence electrons. The molecule has 2 nitrogen and oxygen atoms in total. The van der Waals surface area contributed by atoms with Gasteiger partial charge >= 0.3 is 58.4 Å². The first-order valence-electron chi connectivity index (χ1n) is 4.57. The van der Waals surface area contributed by atoms with Crippen LogP contribution in [0.15, 0.2) is 36.7 Å². The molecule has 0 aliphatic rings. The zero-order valence-corrected chi connectivity index (χ0v) is 12.2. The molecule has 1 aromatic carbocycles. The summed E-state index contributed by atoms with van der Waals surface area (Å²) in [6.45, 7) is -5.51. The van der Waals surface area contributed by atoms with E-state index in [1.54, 1.807) is 18.2 Å². The van der Waals surface area contributed by atoms with Gasteiger partial charge in [-0.15, -0.1) is 0 Å². The molecule has 0 N–H and O–H groups in total. The van der Waals surface area contributed by atoms with Gasteiger partial charge in [0.25, 0.3) is 0 Å². The van der Waals surface area contributed by atoms with Crippen molar-refractivity contribution < 1.29 is 69.1 Å². The van der Waals surface area contributed by atoms with Gasteiger partial charge in [0.15, 0.2) is 0 Å². The van der Waals surface area contributed by atoms with E-state index in [9.17, 15) is 17.7 Å². The number of carbonyl (C=O) groups excluding carboxylic acids is 1. The first-order valence-corrected chi connectivity index (χ1v) is 4.57. The largest absolute Gasteiger partial charge is 1.00 e. The maximum atomic E-state index is 12.3. The molecule has 0 unspecified atom stereocenters. The molecule has 0 aliphatic heterocycles. The van der Waals surface area contributed by atoms with Crippen LogP contribution in [0.3, 0.4) is 0 Å². The summed E-state index contributed by atoms with van der Waals surface area (Å²) in [4.78, 5) is 14.8. The number of carbonyl (C=O) groups is 1. The molecule has 0 radical (unpaired) electrons. The van der Waals surface area contributed by atoms with E-state index in [2.05, 4.69) is 4.98 Å². The summed E-state index contributed by atoms with van der Waals surface area (Å²) in [6, 6.07) is 6.36. The van der Waals surface area contributed by atoms with Crippen molar-refractivity contribution in [3.63, 3.8) is 0 Å². The maximum Gasteiger partial charge on any atom is 1.00 e. The van der Waals surface area contributed by atoms with Crippen molar-refractivity contribution in [3.05, 3.63) is 42.2 Å². The van der Waals surface area contributed by atoms with Gasteiger partial charge in [0.05, 0.1) is 0 Å². The van der Waals surface area contributed by atoms with Crippen LogP contribution < -0.4 is 51.4 Å². The molecule has 2 aromatic rings. The van der Waals surface area contributed by atoms with E-state index >= 15 is 0 Å². The van der Waals surface area contributed by atoms with Crippen LogP contribution in [0.25, 0.3) is 10.8 Å².